The van der Waals surface area contributed by atoms with Gasteiger partial charge in [-0.05, 0) is 31.9 Å². The molecular formula is C14H18N2O3S. The Morgan fingerprint density at radius 1 is 1.25 bits per heavy atom. The molecule has 2 N–H and O–H groups in total. The van der Waals surface area contributed by atoms with Crippen molar-refractivity contribution in [1.82, 2.24) is 5.43 Å². The van der Waals surface area contributed by atoms with E-state index < -0.39 is 5.97 Å². The maximum Gasteiger partial charge on any atom is 0.345 e. The lowest BCUT2D eigenvalue weighted by molar-refractivity contribution is -0.125. The Kier molecular flexibility index (Phi) is 4.89. The van der Waals surface area contributed by atoms with Crippen molar-refractivity contribution in [3.8, 4) is 0 Å². The molecule has 0 aliphatic heterocycles. The highest BCUT2D eigenvalue weighted by molar-refractivity contribution is 7.15. The van der Waals surface area contributed by atoms with E-state index in [1.807, 2.05) is 0 Å². The summed E-state index contributed by atoms with van der Waals surface area (Å²) in [7, 11) is 0. The fourth-order valence-corrected chi connectivity index (χ4v) is 3.09. The van der Waals surface area contributed by atoms with Crippen molar-refractivity contribution < 1.29 is 14.7 Å². The zero-order chi connectivity index (χ0) is 14.5. The molecule has 1 saturated carbocycles. The van der Waals surface area contributed by atoms with E-state index in [4.69, 9.17) is 5.11 Å². The van der Waals surface area contributed by atoms with Crippen LogP contribution >= 0.6 is 11.3 Å². The van der Waals surface area contributed by atoms with Gasteiger partial charge in [-0.3, -0.25) is 4.79 Å². The Labute approximate surface area is 121 Å². The van der Waals surface area contributed by atoms with Crippen LogP contribution in [0.2, 0.25) is 0 Å². The first kappa shape index (κ1) is 14.7. The smallest absolute Gasteiger partial charge is 0.345 e. The van der Waals surface area contributed by atoms with Gasteiger partial charge in [0.15, 0.2) is 0 Å². The summed E-state index contributed by atoms with van der Waals surface area (Å²) in [5, 5.41) is 12.9. The van der Waals surface area contributed by atoms with Gasteiger partial charge in [0.1, 0.15) is 4.88 Å². The first-order valence-electron chi connectivity index (χ1n) is 6.75. The molecule has 0 radical (unpaired) electrons. The summed E-state index contributed by atoms with van der Waals surface area (Å²) in [6.07, 6.45) is 5.28. The van der Waals surface area contributed by atoms with Gasteiger partial charge in [-0.2, -0.15) is 5.10 Å². The minimum atomic E-state index is -0.944. The lowest BCUT2D eigenvalue weighted by Gasteiger charge is -2.19. The third-order valence-electron chi connectivity index (χ3n) is 3.48. The largest absolute Gasteiger partial charge is 0.477 e. The third-order valence-corrected chi connectivity index (χ3v) is 4.67. The lowest BCUT2D eigenvalue weighted by Crippen LogP contribution is -2.29. The number of carboxylic acid groups (broad SMARTS) is 1. The number of thiophene rings is 1. The Morgan fingerprint density at radius 2 is 1.90 bits per heavy atom. The fraction of sp³-hybridized carbons (Fsp3) is 0.500. The molecule has 5 nitrogen and oxygen atoms in total. The number of nitrogens with zero attached hydrogens (tertiary/aromatic N) is 1. The number of hydrogen-bond acceptors (Lipinski definition) is 4. The molecule has 20 heavy (non-hydrogen) atoms. The number of carbonyl (C=O) groups excluding carboxylic acids is 1. The molecule has 1 aliphatic rings. The molecule has 1 amide bonds. The quantitative estimate of drug-likeness (QED) is 0.662. The van der Waals surface area contributed by atoms with Crippen LogP contribution in [0, 0.1) is 5.92 Å². The highest BCUT2D eigenvalue weighted by Gasteiger charge is 2.20. The van der Waals surface area contributed by atoms with Crippen LogP contribution in [-0.4, -0.2) is 22.7 Å². The third kappa shape index (κ3) is 3.66. The van der Waals surface area contributed by atoms with Crippen molar-refractivity contribution in [3.05, 3.63) is 21.9 Å². The van der Waals surface area contributed by atoms with E-state index in [9.17, 15) is 9.59 Å². The van der Waals surface area contributed by atoms with Crippen LogP contribution in [0.3, 0.4) is 0 Å². The molecular weight excluding hydrogens is 276 g/mol. The van der Waals surface area contributed by atoms with Crippen LogP contribution < -0.4 is 5.43 Å². The van der Waals surface area contributed by atoms with Crippen LogP contribution in [0.25, 0.3) is 0 Å². The monoisotopic (exact) mass is 294 g/mol. The van der Waals surface area contributed by atoms with Crippen LogP contribution in [-0.2, 0) is 4.79 Å². The van der Waals surface area contributed by atoms with E-state index in [1.165, 1.54) is 6.42 Å². The van der Waals surface area contributed by atoms with Gasteiger partial charge in [0, 0.05) is 5.92 Å². The normalized spacial score (nSPS) is 16.9. The predicted molar refractivity (Wildman–Crippen MR) is 78.2 cm³/mol. The second-order valence-corrected chi connectivity index (χ2v) is 6.06. The minimum Gasteiger partial charge on any atom is -0.477 e. The highest BCUT2D eigenvalue weighted by atomic mass is 32.1. The molecule has 6 heteroatoms. The predicted octanol–water partition coefficient (Wildman–Crippen LogP) is 2.87. The summed E-state index contributed by atoms with van der Waals surface area (Å²) < 4.78 is 0. The minimum absolute atomic E-state index is 0.0286. The topological polar surface area (TPSA) is 78.8 Å². The summed E-state index contributed by atoms with van der Waals surface area (Å²) in [6.45, 7) is 1.76. The second-order valence-electron chi connectivity index (χ2n) is 4.98. The lowest BCUT2D eigenvalue weighted by atomic mass is 9.89. The maximum atomic E-state index is 11.9. The number of carboxylic acids is 1. The van der Waals surface area contributed by atoms with E-state index in [0.717, 1.165) is 41.9 Å². The molecule has 1 aromatic heterocycles. The van der Waals surface area contributed by atoms with Crippen molar-refractivity contribution in [1.29, 1.82) is 0 Å². The summed E-state index contributed by atoms with van der Waals surface area (Å²) in [5.41, 5.74) is 3.23. The second kappa shape index (κ2) is 6.65. The molecule has 2 rings (SSSR count). The Hall–Kier alpha value is -1.69. The molecule has 0 unspecified atom stereocenters. The molecule has 108 valence electrons. The number of rotatable bonds is 4. The van der Waals surface area contributed by atoms with Crippen molar-refractivity contribution in [3.63, 3.8) is 0 Å². The highest BCUT2D eigenvalue weighted by Crippen LogP contribution is 2.23. The Bertz CT molecular complexity index is 530. The average Bonchev–Trinajstić information content (AvgIpc) is 2.95. The van der Waals surface area contributed by atoms with E-state index in [-0.39, 0.29) is 16.7 Å². The van der Waals surface area contributed by atoms with Gasteiger partial charge < -0.3 is 5.11 Å². The van der Waals surface area contributed by atoms with E-state index in [0.29, 0.717) is 5.71 Å². The number of amides is 1. The molecule has 0 spiro atoms. The molecule has 0 bridgehead atoms. The van der Waals surface area contributed by atoms with Gasteiger partial charge in [0.25, 0.3) is 0 Å². The van der Waals surface area contributed by atoms with E-state index in [2.05, 4.69) is 10.5 Å². The number of carbonyl (C=O) groups is 2. The molecule has 0 saturated heterocycles. The summed E-state index contributed by atoms with van der Waals surface area (Å²) in [6, 6.07) is 3.25. The van der Waals surface area contributed by atoms with Gasteiger partial charge in [-0.15, -0.1) is 11.3 Å². The molecule has 1 aromatic rings. The van der Waals surface area contributed by atoms with Crippen LogP contribution in [0.4, 0.5) is 0 Å². The van der Waals surface area contributed by atoms with Crippen LogP contribution in [0.1, 0.15) is 53.6 Å². The van der Waals surface area contributed by atoms with Crippen molar-refractivity contribution in [2.75, 3.05) is 0 Å². The summed E-state index contributed by atoms with van der Waals surface area (Å²) >= 11 is 1.15. The molecule has 1 fully saturated rings. The summed E-state index contributed by atoms with van der Waals surface area (Å²) in [5.74, 6) is -0.905. The molecule has 1 aliphatic carbocycles. The van der Waals surface area contributed by atoms with Gasteiger partial charge in [0.05, 0.1) is 10.6 Å². The van der Waals surface area contributed by atoms with Crippen LogP contribution in [0.5, 0.6) is 0 Å². The van der Waals surface area contributed by atoms with Gasteiger partial charge >= 0.3 is 5.97 Å². The van der Waals surface area contributed by atoms with Gasteiger partial charge in [-0.1, -0.05) is 19.3 Å². The fourth-order valence-electron chi connectivity index (χ4n) is 2.30. The Morgan fingerprint density at radius 3 is 2.50 bits per heavy atom. The number of aromatic carboxylic acids is 1. The maximum absolute atomic E-state index is 11.9. The summed E-state index contributed by atoms with van der Waals surface area (Å²) in [4.78, 5) is 23.8. The first-order chi connectivity index (χ1) is 9.58. The van der Waals surface area contributed by atoms with Crippen molar-refractivity contribution in [2.45, 2.75) is 39.0 Å². The zero-order valence-corrected chi connectivity index (χ0v) is 12.2. The van der Waals surface area contributed by atoms with Gasteiger partial charge in [0.2, 0.25) is 5.91 Å². The Balaban J connectivity index is 1.95. The number of nitrogens with one attached hydrogen (secondary N) is 1. The van der Waals surface area contributed by atoms with Gasteiger partial charge in [-0.25, -0.2) is 10.2 Å². The van der Waals surface area contributed by atoms with E-state index in [1.54, 1.807) is 19.1 Å². The first-order valence-corrected chi connectivity index (χ1v) is 7.57. The number of hydrazone groups is 1. The molecule has 1 heterocycles. The SMILES string of the molecule is C/C(=N/NC(=O)C1CCCCC1)c1ccc(C(=O)O)s1. The average molecular weight is 294 g/mol. The van der Waals surface area contributed by atoms with E-state index >= 15 is 0 Å². The van der Waals surface area contributed by atoms with Crippen molar-refractivity contribution in [2.24, 2.45) is 11.0 Å². The number of hydrogen-bond donors (Lipinski definition) is 2. The molecule has 0 aromatic carbocycles. The molecule has 0 atom stereocenters. The van der Waals surface area contributed by atoms with Crippen molar-refractivity contribution >= 4 is 28.9 Å². The standard InChI is InChI=1S/C14H18N2O3S/c1-9(11-7-8-12(20-11)14(18)19)15-16-13(17)10-5-3-2-4-6-10/h7-8,10H,2-6H2,1H3,(H,16,17)(H,18,19)/b15-9-. The zero-order valence-electron chi connectivity index (χ0n) is 11.4. The van der Waals surface area contributed by atoms with Crippen LogP contribution in [0.15, 0.2) is 17.2 Å².